The molecule has 2 saturated heterocycles. The molecule has 0 saturated carbocycles. The topological polar surface area (TPSA) is 71.5 Å². The van der Waals surface area contributed by atoms with Crippen LogP contribution in [-0.2, 0) is 9.53 Å². The lowest BCUT2D eigenvalue weighted by Crippen LogP contribution is -2.41. The van der Waals surface area contributed by atoms with Crippen molar-refractivity contribution in [2.75, 3.05) is 25.0 Å². The number of amides is 2. The minimum Gasteiger partial charge on any atom is -0.378 e. The highest BCUT2D eigenvalue weighted by Crippen LogP contribution is 2.29. The summed E-state index contributed by atoms with van der Waals surface area (Å²) in [6.45, 7) is 6.05. The van der Waals surface area contributed by atoms with Gasteiger partial charge in [-0.1, -0.05) is 13.8 Å². The zero-order valence-electron chi connectivity index (χ0n) is 15.0. The van der Waals surface area contributed by atoms with Crippen molar-refractivity contribution in [2.24, 2.45) is 11.8 Å². The van der Waals surface area contributed by atoms with Gasteiger partial charge < -0.3 is 15.0 Å². The number of aromatic nitrogens is 1. The highest BCUT2D eigenvalue weighted by molar-refractivity contribution is 5.96. The molecule has 1 unspecified atom stereocenters. The summed E-state index contributed by atoms with van der Waals surface area (Å²) in [6.07, 6.45) is 6.27. The van der Waals surface area contributed by atoms with E-state index in [2.05, 4.69) is 10.3 Å². The lowest BCUT2D eigenvalue weighted by atomic mass is 9.89. The van der Waals surface area contributed by atoms with Crippen LogP contribution in [0.2, 0.25) is 0 Å². The molecule has 2 aliphatic rings. The summed E-state index contributed by atoms with van der Waals surface area (Å²) in [7, 11) is 0. The second-order valence-corrected chi connectivity index (χ2v) is 7.25. The van der Waals surface area contributed by atoms with Crippen LogP contribution in [0.5, 0.6) is 0 Å². The molecule has 1 aromatic heterocycles. The third-order valence-corrected chi connectivity index (χ3v) is 5.10. The number of pyridine rings is 1. The predicted molar refractivity (Wildman–Crippen MR) is 95.3 cm³/mol. The highest BCUT2D eigenvalue weighted by atomic mass is 16.5. The first-order chi connectivity index (χ1) is 12.0. The van der Waals surface area contributed by atoms with Gasteiger partial charge in [0.05, 0.1) is 6.10 Å². The molecule has 0 radical (unpaired) electrons. The molecular formula is C19H27N3O3. The van der Waals surface area contributed by atoms with Gasteiger partial charge >= 0.3 is 0 Å². The summed E-state index contributed by atoms with van der Waals surface area (Å²) >= 11 is 0. The highest BCUT2D eigenvalue weighted by Gasteiger charge is 2.31. The van der Waals surface area contributed by atoms with Crippen molar-refractivity contribution in [3.63, 3.8) is 0 Å². The van der Waals surface area contributed by atoms with Gasteiger partial charge in [0.2, 0.25) is 5.91 Å². The average molecular weight is 345 g/mol. The van der Waals surface area contributed by atoms with Crippen LogP contribution >= 0.6 is 0 Å². The van der Waals surface area contributed by atoms with Crippen molar-refractivity contribution in [1.29, 1.82) is 0 Å². The molecule has 2 amide bonds. The Morgan fingerprint density at radius 1 is 1.28 bits per heavy atom. The number of nitrogens with zero attached hydrogens (tertiary/aromatic N) is 2. The van der Waals surface area contributed by atoms with E-state index in [1.807, 2.05) is 18.7 Å². The molecule has 2 fully saturated rings. The molecule has 1 atom stereocenters. The number of anilines is 1. The molecule has 136 valence electrons. The monoisotopic (exact) mass is 345 g/mol. The number of hydrogen-bond donors (Lipinski definition) is 1. The fraction of sp³-hybridized carbons (Fsp3) is 0.632. The minimum atomic E-state index is -0.127. The van der Waals surface area contributed by atoms with Crippen LogP contribution in [0.15, 0.2) is 18.3 Å². The number of ether oxygens (including phenoxy) is 1. The minimum absolute atomic E-state index is 0.00763. The van der Waals surface area contributed by atoms with E-state index in [0.29, 0.717) is 23.4 Å². The Morgan fingerprint density at radius 2 is 2.04 bits per heavy atom. The van der Waals surface area contributed by atoms with Crippen molar-refractivity contribution >= 4 is 17.6 Å². The predicted octanol–water partition coefficient (Wildman–Crippen LogP) is 2.71. The van der Waals surface area contributed by atoms with Crippen molar-refractivity contribution in [2.45, 2.75) is 45.6 Å². The Hall–Kier alpha value is -1.95. The number of hydrogen-bond acceptors (Lipinski definition) is 4. The standard InChI is InChI=1S/C19H27N3O3/c1-13(2)18(23)21-17-12-15(5-8-20-17)19(24)22-9-6-14(7-10-22)16-4-3-11-25-16/h5,8,12-14,16H,3-4,6-7,9-11H2,1-2H3,(H,20,21,23). The summed E-state index contributed by atoms with van der Waals surface area (Å²) in [5, 5.41) is 2.75. The van der Waals surface area contributed by atoms with E-state index >= 15 is 0 Å². The smallest absolute Gasteiger partial charge is 0.254 e. The number of likely N-dealkylation sites (tertiary alicyclic amines) is 1. The van der Waals surface area contributed by atoms with Crippen LogP contribution in [0, 0.1) is 11.8 Å². The Morgan fingerprint density at radius 3 is 2.68 bits per heavy atom. The van der Waals surface area contributed by atoms with E-state index in [1.165, 1.54) is 0 Å². The Balaban J connectivity index is 1.59. The van der Waals surface area contributed by atoms with Crippen molar-refractivity contribution in [3.05, 3.63) is 23.9 Å². The maximum atomic E-state index is 12.8. The molecule has 0 aromatic carbocycles. The van der Waals surface area contributed by atoms with E-state index in [1.54, 1.807) is 18.3 Å². The van der Waals surface area contributed by atoms with E-state index in [9.17, 15) is 9.59 Å². The fourth-order valence-corrected chi connectivity index (χ4v) is 3.53. The molecule has 6 nitrogen and oxygen atoms in total. The molecule has 2 aliphatic heterocycles. The largest absolute Gasteiger partial charge is 0.378 e. The van der Waals surface area contributed by atoms with Gasteiger partial charge in [-0.2, -0.15) is 0 Å². The first kappa shape index (κ1) is 17.9. The molecule has 6 heteroatoms. The SMILES string of the molecule is CC(C)C(=O)Nc1cc(C(=O)N2CCC(C3CCCO3)CC2)ccn1. The molecule has 1 aromatic rings. The summed E-state index contributed by atoms with van der Waals surface area (Å²) in [5.74, 6) is 0.782. The molecular weight excluding hydrogens is 318 g/mol. The lowest BCUT2D eigenvalue weighted by Gasteiger charge is -2.34. The van der Waals surface area contributed by atoms with Crippen LogP contribution in [0.1, 0.15) is 49.9 Å². The van der Waals surface area contributed by atoms with Gasteiger partial charge in [-0.05, 0) is 43.7 Å². The summed E-state index contributed by atoms with van der Waals surface area (Å²) in [4.78, 5) is 30.6. The molecule has 3 rings (SSSR count). The van der Waals surface area contributed by atoms with Gasteiger partial charge in [-0.15, -0.1) is 0 Å². The second-order valence-electron chi connectivity index (χ2n) is 7.25. The van der Waals surface area contributed by atoms with Crippen LogP contribution < -0.4 is 5.32 Å². The Bertz CT molecular complexity index is 618. The van der Waals surface area contributed by atoms with Crippen LogP contribution in [0.4, 0.5) is 5.82 Å². The molecule has 25 heavy (non-hydrogen) atoms. The molecule has 0 bridgehead atoms. The van der Waals surface area contributed by atoms with E-state index < -0.39 is 0 Å². The van der Waals surface area contributed by atoms with Crippen LogP contribution in [-0.4, -0.2) is 47.5 Å². The van der Waals surface area contributed by atoms with Gasteiger partial charge in [0.1, 0.15) is 5.82 Å². The zero-order valence-corrected chi connectivity index (χ0v) is 15.0. The summed E-state index contributed by atoms with van der Waals surface area (Å²) in [5.41, 5.74) is 0.574. The molecule has 3 heterocycles. The summed E-state index contributed by atoms with van der Waals surface area (Å²) < 4.78 is 5.79. The van der Waals surface area contributed by atoms with Gasteiger partial charge in [-0.3, -0.25) is 9.59 Å². The van der Waals surface area contributed by atoms with E-state index in [-0.39, 0.29) is 17.7 Å². The fourth-order valence-electron chi connectivity index (χ4n) is 3.53. The molecule has 1 N–H and O–H groups in total. The van der Waals surface area contributed by atoms with Gasteiger partial charge in [-0.25, -0.2) is 4.98 Å². The van der Waals surface area contributed by atoms with Gasteiger partial charge in [0.25, 0.3) is 5.91 Å². The molecule has 0 spiro atoms. The number of carbonyl (C=O) groups excluding carboxylic acids is 2. The van der Waals surface area contributed by atoms with Crippen molar-refractivity contribution in [3.8, 4) is 0 Å². The third kappa shape index (κ3) is 4.37. The summed E-state index contributed by atoms with van der Waals surface area (Å²) in [6, 6.07) is 3.37. The first-order valence-corrected chi connectivity index (χ1v) is 9.22. The number of rotatable bonds is 4. The quantitative estimate of drug-likeness (QED) is 0.911. The lowest BCUT2D eigenvalue weighted by molar-refractivity contribution is -0.118. The number of carbonyl (C=O) groups is 2. The van der Waals surface area contributed by atoms with E-state index in [4.69, 9.17) is 4.74 Å². The van der Waals surface area contributed by atoms with Crippen LogP contribution in [0.25, 0.3) is 0 Å². The Labute approximate surface area is 148 Å². The third-order valence-electron chi connectivity index (χ3n) is 5.10. The molecule has 0 aliphatic carbocycles. The average Bonchev–Trinajstić information content (AvgIpc) is 3.16. The Kier molecular flexibility index (Phi) is 5.68. The van der Waals surface area contributed by atoms with Crippen LogP contribution in [0.3, 0.4) is 0 Å². The zero-order chi connectivity index (χ0) is 17.8. The maximum absolute atomic E-state index is 12.8. The van der Waals surface area contributed by atoms with Crippen molar-refractivity contribution in [1.82, 2.24) is 9.88 Å². The maximum Gasteiger partial charge on any atom is 0.254 e. The number of piperidine rings is 1. The number of nitrogens with one attached hydrogen (secondary N) is 1. The first-order valence-electron chi connectivity index (χ1n) is 9.22. The van der Waals surface area contributed by atoms with E-state index in [0.717, 1.165) is 45.4 Å². The van der Waals surface area contributed by atoms with Gasteiger partial charge in [0, 0.05) is 37.4 Å². The normalized spacial score (nSPS) is 21.6. The second kappa shape index (κ2) is 7.95. The van der Waals surface area contributed by atoms with Gasteiger partial charge in [0.15, 0.2) is 0 Å². The van der Waals surface area contributed by atoms with Crippen molar-refractivity contribution < 1.29 is 14.3 Å².